The van der Waals surface area contributed by atoms with Crippen LogP contribution >= 0.6 is 22.6 Å². The summed E-state index contributed by atoms with van der Waals surface area (Å²) in [6, 6.07) is 8.55. The fourth-order valence-electron chi connectivity index (χ4n) is 2.02. The lowest BCUT2D eigenvalue weighted by molar-refractivity contribution is 0.453. The van der Waals surface area contributed by atoms with Crippen molar-refractivity contribution in [3.05, 3.63) is 51.4 Å². The highest BCUT2D eigenvalue weighted by Crippen LogP contribution is 2.22. The molecule has 0 aliphatic rings. The molecule has 2 rings (SSSR count). The first-order valence-corrected chi connectivity index (χ1v) is 6.67. The van der Waals surface area contributed by atoms with Crippen molar-refractivity contribution < 1.29 is 0 Å². The molecule has 2 aromatic rings. The Balaban J connectivity index is 2.42. The summed E-state index contributed by atoms with van der Waals surface area (Å²) in [6.07, 6.45) is 3.88. The Hall–Kier alpha value is -0.880. The Kier molecular flexibility index (Phi) is 3.83. The van der Waals surface area contributed by atoms with Gasteiger partial charge in [-0.25, -0.2) is 0 Å². The van der Waals surface area contributed by atoms with Gasteiger partial charge in [0.1, 0.15) is 0 Å². The van der Waals surface area contributed by atoms with Crippen LogP contribution in [0.3, 0.4) is 0 Å². The van der Waals surface area contributed by atoms with Crippen LogP contribution in [0.2, 0.25) is 0 Å². The molecular weight excluding hydrogens is 325 g/mol. The third-order valence-corrected chi connectivity index (χ3v) is 3.29. The van der Waals surface area contributed by atoms with Gasteiger partial charge in [-0.15, -0.1) is 0 Å². The number of benzene rings is 1. The normalized spacial score (nSPS) is 14.6. The number of aryl methyl sites for hydroxylation is 1. The lowest BCUT2D eigenvalue weighted by Crippen LogP contribution is -2.30. The summed E-state index contributed by atoms with van der Waals surface area (Å²) in [5.74, 6) is 0. The van der Waals surface area contributed by atoms with Gasteiger partial charge in [0, 0.05) is 12.2 Å². The number of nitrogens with two attached hydrogens (primary N) is 1. The highest BCUT2D eigenvalue weighted by atomic mass is 127. The minimum Gasteiger partial charge on any atom is -0.326 e. The summed E-state index contributed by atoms with van der Waals surface area (Å²) in [5, 5.41) is 4.37. The molecule has 0 aliphatic carbocycles. The quantitative estimate of drug-likeness (QED) is 0.873. The Morgan fingerprint density at radius 3 is 2.71 bits per heavy atom. The van der Waals surface area contributed by atoms with Gasteiger partial charge in [-0.3, -0.25) is 4.68 Å². The molecule has 0 saturated heterocycles. The molecule has 0 saturated carbocycles. The van der Waals surface area contributed by atoms with Crippen LogP contribution in [0.15, 0.2) is 36.7 Å². The highest BCUT2D eigenvalue weighted by molar-refractivity contribution is 14.1. The summed E-state index contributed by atoms with van der Waals surface area (Å²) in [7, 11) is 0. The molecule has 4 heteroatoms. The van der Waals surface area contributed by atoms with Gasteiger partial charge in [-0.1, -0.05) is 29.8 Å². The van der Waals surface area contributed by atoms with Crippen molar-refractivity contribution in [1.29, 1.82) is 0 Å². The van der Waals surface area contributed by atoms with E-state index in [1.54, 1.807) is 0 Å². The molecule has 1 aromatic heterocycles. The minimum atomic E-state index is 0.0208. The predicted octanol–water partition coefficient (Wildman–Crippen LogP) is 2.73. The van der Waals surface area contributed by atoms with Crippen molar-refractivity contribution in [2.75, 3.05) is 0 Å². The topological polar surface area (TPSA) is 43.8 Å². The van der Waals surface area contributed by atoms with E-state index >= 15 is 0 Å². The first kappa shape index (κ1) is 12.6. The molecule has 0 fully saturated rings. The number of hydrogen-bond acceptors (Lipinski definition) is 2. The molecule has 2 unspecified atom stereocenters. The van der Waals surface area contributed by atoms with E-state index in [-0.39, 0.29) is 12.1 Å². The van der Waals surface area contributed by atoms with Gasteiger partial charge >= 0.3 is 0 Å². The zero-order valence-corrected chi connectivity index (χ0v) is 12.1. The fraction of sp³-hybridized carbons (Fsp3) is 0.308. The molecule has 90 valence electrons. The molecule has 2 N–H and O–H groups in total. The molecule has 1 aromatic carbocycles. The second kappa shape index (κ2) is 5.18. The maximum Gasteiger partial charge on any atom is 0.0917 e. The van der Waals surface area contributed by atoms with Crippen LogP contribution in [0.4, 0.5) is 0 Å². The van der Waals surface area contributed by atoms with E-state index in [0.717, 1.165) is 3.57 Å². The monoisotopic (exact) mass is 341 g/mol. The van der Waals surface area contributed by atoms with Crippen molar-refractivity contribution in [2.24, 2.45) is 5.73 Å². The van der Waals surface area contributed by atoms with Crippen molar-refractivity contribution in [2.45, 2.75) is 25.9 Å². The van der Waals surface area contributed by atoms with E-state index in [1.165, 1.54) is 11.1 Å². The summed E-state index contributed by atoms with van der Waals surface area (Å²) in [4.78, 5) is 0. The molecule has 1 heterocycles. The Labute approximate surface area is 115 Å². The first-order chi connectivity index (χ1) is 8.08. The number of aromatic nitrogens is 2. The van der Waals surface area contributed by atoms with Crippen LogP contribution in [0.25, 0.3) is 0 Å². The molecule has 3 nitrogen and oxygen atoms in total. The number of halogens is 1. The third-order valence-electron chi connectivity index (χ3n) is 2.74. The van der Waals surface area contributed by atoms with E-state index < -0.39 is 0 Å². The van der Waals surface area contributed by atoms with Crippen LogP contribution in [-0.4, -0.2) is 15.8 Å². The van der Waals surface area contributed by atoms with Gasteiger partial charge in [0.15, 0.2) is 0 Å². The number of nitrogens with zero attached hydrogens (tertiary/aromatic N) is 2. The van der Waals surface area contributed by atoms with E-state index in [1.807, 2.05) is 24.0 Å². The van der Waals surface area contributed by atoms with Crippen LogP contribution in [0.1, 0.15) is 24.1 Å². The standard InChI is InChI=1S/C13H16IN3/c1-9-4-3-5-11(6-9)13(10(2)15)17-8-12(14)7-16-17/h3-8,10,13H,15H2,1-2H3. The Bertz CT molecular complexity index is 505. The van der Waals surface area contributed by atoms with Gasteiger partial charge in [0.25, 0.3) is 0 Å². The molecule has 0 radical (unpaired) electrons. The average Bonchev–Trinajstić information content (AvgIpc) is 2.64. The zero-order chi connectivity index (χ0) is 12.4. The number of rotatable bonds is 3. The first-order valence-electron chi connectivity index (χ1n) is 5.59. The molecule has 0 aliphatic heterocycles. The fourth-order valence-corrected chi connectivity index (χ4v) is 2.43. The molecule has 2 atom stereocenters. The van der Waals surface area contributed by atoms with Gasteiger partial charge in [-0.05, 0) is 42.0 Å². The van der Waals surface area contributed by atoms with Gasteiger partial charge < -0.3 is 5.73 Å². The third kappa shape index (κ3) is 2.87. The van der Waals surface area contributed by atoms with Crippen molar-refractivity contribution >= 4 is 22.6 Å². The van der Waals surface area contributed by atoms with Crippen LogP contribution in [0.5, 0.6) is 0 Å². The van der Waals surface area contributed by atoms with Gasteiger partial charge in [-0.2, -0.15) is 5.10 Å². The Morgan fingerprint density at radius 1 is 1.41 bits per heavy atom. The summed E-state index contributed by atoms with van der Waals surface area (Å²) in [6.45, 7) is 4.11. The Morgan fingerprint density at radius 2 is 2.18 bits per heavy atom. The largest absolute Gasteiger partial charge is 0.326 e. The zero-order valence-electron chi connectivity index (χ0n) is 9.97. The second-order valence-electron chi connectivity index (χ2n) is 4.36. The van der Waals surface area contributed by atoms with Crippen molar-refractivity contribution in [1.82, 2.24) is 9.78 Å². The molecule has 17 heavy (non-hydrogen) atoms. The van der Waals surface area contributed by atoms with E-state index in [2.05, 4.69) is 58.9 Å². The lowest BCUT2D eigenvalue weighted by atomic mass is 9.99. The van der Waals surface area contributed by atoms with Crippen LogP contribution in [0, 0.1) is 10.5 Å². The molecule has 0 spiro atoms. The summed E-state index contributed by atoms with van der Waals surface area (Å²) < 4.78 is 3.07. The molecular formula is C13H16IN3. The van der Waals surface area contributed by atoms with Gasteiger partial charge in [0.05, 0.1) is 15.8 Å². The highest BCUT2D eigenvalue weighted by Gasteiger charge is 2.19. The van der Waals surface area contributed by atoms with Crippen molar-refractivity contribution in [3.63, 3.8) is 0 Å². The van der Waals surface area contributed by atoms with Crippen LogP contribution in [-0.2, 0) is 0 Å². The van der Waals surface area contributed by atoms with E-state index in [0.29, 0.717) is 0 Å². The minimum absolute atomic E-state index is 0.0208. The number of hydrogen-bond donors (Lipinski definition) is 1. The second-order valence-corrected chi connectivity index (χ2v) is 5.60. The predicted molar refractivity (Wildman–Crippen MR) is 77.9 cm³/mol. The van der Waals surface area contributed by atoms with Crippen LogP contribution < -0.4 is 5.73 Å². The van der Waals surface area contributed by atoms with E-state index in [9.17, 15) is 0 Å². The SMILES string of the molecule is Cc1cccc(C(C(C)N)n2cc(I)cn2)c1. The summed E-state index contributed by atoms with van der Waals surface area (Å²) >= 11 is 2.26. The maximum atomic E-state index is 6.10. The lowest BCUT2D eigenvalue weighted by Gasteiger charge is -2.22. The van der Waals surface area contributed by atoms with E-state index in [4.69, 9.17) is 5.73 Å². The molecule has 0 amide bonds. The maximum absolute atomic E-state index is 6.10. The smallest absolute Gasteiger partial charge is 0.0917 e. The van der Waals surface area contributed by atoms with Gasteiger partial charge in [0.2, 0.25) is 0 Å². The van der Waals surface area contributed by atoms with Crippen molar-refractivity contribution in [3.8, 4) is 0 Å². The average molecular weight is 341 g/mol. The molecule has 0 bridgehead atoms. The summed E-state index contributed by atoms with van der Waals surface area (Å²) in [5.41, 5.74) is 8.55.